The molecule has 0 saturated heterocycles. The highest BCUT2D eigenvalue weighted by molar-refractivity contribution is 5.68. The number of carbonyl (C=O) groups is 1. The number of hydrogen-bond acceptors (Lipinski definition) is 4. The first-order valence-corrected chi connectivity index (χ1v) is 6.50. The molecule has 0 atom stereocenters. The predicted molar refractivity (Wildman–Crippen MR) is 75.2 cm³/mol. The van der Waals surface area contributed by atoms with E-state index in [0.717, 1.165) is 11.3 Å². The third-order valence-electron chi connectivity index (χ3n) is 2.79. The second kappa shape index (κ2) is 7.14. The lowest BCUT2D eigenvalue weighted by atomic mass is 10.1. The van der Waals surface area contributed by atoms with E-state index in [1.165, 1.54) is 0 Å². The molecule has 0 unspecified atom stereocenters. The van der Waals surface area contributed by atoms with Crippen molar-refractivity contribution in [3.05, 3.63) is 29.8 Å². The fourth-order valence-corrected chi connectivity index (χ4v) is 1.54. The van der Waals surface area contributed by atoms with E-state index < -0.39 is 0 Å². The van der Waals surface area contributed by atoms with Gasteiger partial charge in [0.2, 0.25) is 0 Å². The van der Waals surface area contributed by atoms with Gasteiger partial charge >= 0.3 is 5.97 Å². The lowest BCUT2D eigenvalue weighted by Crippen LogP contribution is -2.43. The molecular formula is C15H23NO3. The highest BCUT2D eigenvalue weighted by Gasteiger charge is 2.19. The van der Waals surface area contributed by atoms with Gasteiger partial charge in [0.15, 0.2) is 0 Å². The van der Waals surface area contributed by atoms with Crippen LogP contribution in [0.15, 0.2) is 24.3 Å². The summed E-state index contributed by atoms with van der Waals surface area (Å²) < 4.78 is 10.3. The lowest BCUT2D eigenvalue weighted by Gasteiger charge is -2.26. The first-order chi connectivity index (χ1) is 8.96. The normalized spacial score (nSPS) is 11.2. The molecule has 4 nitrogen and oxygen atoms in total. The van der Waals surface area contributed by atoms with Gasteiger partial charge in [-0.05, 0) is 31.5 Å². The molecule has 0 aliphatic rings. The third-order valence-corrected chi connectivity index (χ3v) is 2.79. The molecule has 0 aliphatic heterocycles. The van der Waals surface area contributed by atoms with Crippen LogP contribution in [0.5, 0.6) is 5.75 Å². The smallest absolute Gasteiger partial charge is 0.305 e. The predicted octanol–water partition coefficient (Wildman–Crippen LogP) is 2.52. The highest BCUT2D eigenvalue weighted by Crippen LogP contribution is 2.13. The summed E-state index contributed by atoms with van der Waals surface area (Å²) in [5.41, 5.74) is 0.878. The minimum Gasteiger partial charge on any atom is -0.497 e. The van der Waals surface area contributed by atoms with Crippen molar-refractivity contribution in [2.24, 2.45) is 0 Å². The van der Waals surface area contributed by atoms with E-state index in [1.807, 2.05) is 38.1 Å². The Morgan fingerprint density at radius 3 is 2.74 bits per heavy atom. The van der Waals surface area contributed by atoms with Crippen LogP contribution >= 0.6 is 0 Å². The van der Waals surface area contributed by atoms with Crippen LogP contribution in [0.25, 0.3) is 0 Å². The van der Waals surface area contributed by atoms with Gasteiger partial charge in [-0.15, -0.1) is 0 Å². The third kappa shape index (κ3) is 5.75. The Morgan fingerprint density at radius 1 is 1.37 bits per heavy atom. The van der Waals surface area contributed by atoms with Crippen molar-refractivity contribution in [1.82, 2.24) is 5.32 Å². The van der Waals surface area contributed by atoms with Crippen LogP contribution in [-0.4, -0.2) is 25.2 Å². The summed E-state index contributed by atoms with van der Waals surface area (Å²) in [6.07, 6.45) is 0.409. The molecule has 0 saturated carbocycles. The number of ether oxygens (including phenoxy) is 2. The maximum Gasteiger partial charge on any atom is 0.305 e. The molecule has 0 aromatic heterocycles. The van der Waals surface area contributed by atoms with Gasteiger partial charge in [0.25, 0.3) is 0 Å². The average Bonchev–Trinajstić information content (AvgIpc) is 2.43. The topological polar surface area (TPSA) is 47.6 Å². The van der Waals surface area contributed by atoms with Crippen LogP contribution in [0, 0.1) is 0 Å². The van der Waals surface area contributed by atoms with Gasteiger partial charge in [-0.2, -0.15) is 0 Å². The highest BCUT2D eigenvalue weighted by atomic mass is 16.5. The number of rotatable bonds is 7. The molecule has 0 spiro atoms. The summed E-state index contributed by atoms with van der Waals surface area (Å²) in [5.74, 6) is 0.672. The molecule has 1 rings (SSSR count). The van der Waals surface area contributed by atoms with Crippen molar-refractivity contribution in [2.75, 3.05) is 13.7 Å². The summed E-state index contributed by atoms with van der Waals surface area (Å²) in [5, 5.41) is 3.37. The molecule has 0 amide bonds. The minimum absolute atomic E-state index is 0.170. The van der Waals surface area contributed by atoms with Crippen LogP contribution in [0.3, 0.4) is 0 Å². The number of esters is 1. The van der Waals surface area contributed by atoms with Crippen LogP contribution in [0.4, 0.5) is 0 Å². The zero-order valence-corrected chi connectivity index (χ0v) is 12.2. The quantitative estimate of drug-likeness (QED) is 0.770. The average molecular weight is 265 g/mol. The number of methoxy groups -OCH3 is 1. The number of carbonyl (C=O) groups excluding carboxylic acids is 1. The Balaban J connectivity index is 2.47. The van der Waals surface area contributed by atoms with Crippen molar-refractivity contribution >= 4 is 5.97 Å². The lowest BCUT2D eigenvalue weighted by molar-refractivity contribution is -0.145. The van der Waals surface area contributed by atoms with E-state index in [-0.39, 0.29) is 11.5 Å². The molecule has 1 aromatic carbocycles. The van der Waals surface area contributed by atoms with Crippen LogP contribution < -0.4 is 10.1 Å². The van der Waals surface area contributed by atoms with Gasteiger partial charge in [-0.25, -0.2) is 0 Å². The zero-order chi connectivity index (χ0) is 14.3. The molecule has 1 N–H and O–H groups in total. The van der Waals surface area contributed by atoms with E-state index in [4.69, 9.17) is 9.47 Å². The van der Waals surface area contributed by atoms with Crippen molar-refractivity contribution in [2.45, 2.75) is 39.3 Å². The Hall–Kier alpha value is -1.55. The van der Waals surface area contributed by atoms with Crippen LogP contribution in [0.1, 0.15) is 32.8 Å². The van der Waals surface area contributed by atoms with E-state index in [0.29, 0.717) is 19.6 Å². The Labute approximate surface area is 115 Å². The zero-order valence-electron chi connectivity index (χ0n) is 12.2. The van der Waals surface area contributed by atoms with Crippen molar-refractivity contribution in [1.29, 1.82) is 0 Å². The fraction of sp³-hybridized carbons (Fsp3) is 0.533. The van der Waals surface area contributed by atoms with Gasteiger partial charge in [0.05, 0.1) is 7.11 Å². The van der Waals surface area contributed by atoms with E-state index in [9.17, 15) is 4.79 Å². The first kappa shape index (κ1) is 15.5. The molecule has 0 fully saturated rings. The van der Waals surface area contributed by atoms with Crippen LogP contribution in [-0.2, 0) is 16.1 Å². The second-order valence-electron chi connectivity index (χ2n) is 5.10. The molecular weight excluding hydrogens is 242 g/mol. The summed E-state index contributed by atoms with van der Waals surface area (Å²) in [6.45, 7) is 6.88. The molecule has 0 heterocycles. The molecule has 106 valence electrons. The van der Waals surface area contributed by atoms with Crippen molar-refractivity contribution < 1.29 is 14.3 Å². The maximum absolute atomic E-state index is 11.1. The van der Waals surface area contributed by atoms with E-state index in [1.54, 1.807) is 14.0 Å². The summed E-state index contributed by atoms with van der Waals surface area (Å²) >= 11 is 0. The number of benzene rings is 1. The summed E-state index contributed by atoms with van der Waals surface area (Å²) in [7, 11) is 1.65. The minimum atomic E-state index is -0.256. The fourth-order valence-electron chi connectivity index (χ4n) is 1.54. The summed E-state index contributed by atoms with van der Waals surface area (Å²) in [4.78, 5) is 11.1. The Morgan fingerprint density at radius 2 is 2.11 bits per heavy atom. The van der Waals surface area contributed by atoms with Gasteiger partial charge in [0.1, 0.15) is 12.4 Å². The largest absolute Gasteiger partial charge is 0.497 e. The van der Waals surface area contributed by atoms with Gasteiger partial charge in [-0.3, -0.25) is 4.79 Å². The van der Waals surface area contributed by atoms with Crippen LogP contribution in [0.2, 0.25) is 0 Å². The van der Waals surface area contributed by atoms with Gasteiger partial charge in [-0.1, -0.05) is 19.1 Å². The first-order valence-electron chi connectivity index (χ1n) is 6.50. The molecule has 0 aliphatic carbocycles. The van der Waals surface area contributed by atoms with Gasteiger partial charge < -0.3 is 14.8 Å². The Bertz CT molecular complexity index is 416. The monoisotopic (exact) mass is 265 g/mol. The SMILES string of the molecule is CCC(=O)OCC(C)(C)NCc1cccc(OC)c1. The Kier molecular flexibility index (Phi) is 5.83. The van der Waals surface area contributed by atoms with E-state index in [2.05, 4.69) is 5.32 Å². The van der Waals surface area contributed by atoms with Gasteiger partial charge in [0, 0.05) is 18.5 Å². The second-order valence-corrected chi connectivity index (χ2v) is 5.10. The number of nitrogens with one attached hydrogen (secondary N) is 1. The maximum atomic E-state index is 11.1. The number of hydrogen-bond donors (Lipinski definition) is 1. The molecule has 19 heavy (non-hydrogen) atoms. The molecule has 0 bridgehead atoms. The molecule has 1 aromatic rings. The summed E-state index contributed by atoms with van der Waals surface area (Å²) in [6, 6.07) is 7.89. The van der Waals surface area contributed by atoms with Crippen molar-refractivity contribution in [3.8, 4) is 5.75 Å². The molecule has 4 heteroatoms. The van der Waals surface area contributed by atoms with Crippen molar-refractivity contribution in [3.63, 3.8) is 0 Å². The molecule has 0 radical (unpaired) electrons. The van der Waals surface area contributed by atoms with E-state index >= 15 is 0 Å². The standard InChI is InChI=1S/C15H23NO3/c1-5-14(17)19-11-15(2,3)16-10-12-7-6-8-13(9-12)18-4/h6-9,16H,5,10-11H2,1-4H3.